The molecule has 2 rings (SSSR count). The molecule has 3 atom stereocenters. The van der Waals surface area contributed by atoms with Gasteiger partial charge in [-0.15, -0.1) is 0 Å². The molecule has 1 aromatic heterocycles. The van der Waals surface area contributed by atoms with Gasteiger partial charge >= 0.3 is 0 Å². The van der Waals surface area contributed by atoms with Gasteiger partial charge in [-0.05, 0) is 38.7 Å². The summed E-state index contributed by atoms with van der Waals surface area (Å²) in [4.78, 5) is 0. The molecule has 1 aliphatic rings. The van der Waals surface area contributed by atoms with Crippen LogP contribution in [0, 0.1) is 5.92 Å². The quantitative estimate of drug-likeness (QED) is 0.843. The molecule has 0 amide bonds. The molecule has 102 valence electrons. The van der Waals surface area contributed by atoms with Crippen LogP contribution in [0.5, 0.6) is 0 Å². The maximum atomic E-state index is 5.56. The zero-order valence-electron chi connectivity index (χ0n) is 11.7. The fraction of sp³-hybridized carbons (Fsp3) is 0.786. The highest BCUT2D eigenvalue weighted by molar-refractivity contribution is 4.99. The summed E-state index contributed by atoms with van der Waals surface area (Å²) < 4.78 is 7.61. The maximum absolute atomic E-state index is 5.56. The predicted molar refractivity (Wildman–Crippen MR) is 72.5 cm³/mol. The van der Waals surface area contributed by atoms with E-state index in [-0.39, 0.29) is 0 Å². The van der Waals surface area contributed by atoms with Gasteiger partial charge in [-0.2, -0.15) is 5.10 Å². The lowest BCUT2D eigenvalue weighted by molar-refractivity contribution is 0.105. The van der Waals surface area contributed by atoms with Crippen molar-refractivity contribution in [3.8, 4) is 0 Å². The lowest BCUT2D eigenvalue weighted by Gasteiger charge is -2.14. The van der Waals surface area contributed by atoms with E-state index in [1.165, 1.54) is 6.42 Å². The molecule has 1 saturated heterocycles. The molecule has 1 fully saturated rings. The lowest BCUT2D eigenvalue weighted by atomic mass is 10.0. The first-order valence-corrected chi connectivity index (χ1v) is 7.07. The van der Waals surface area contributed by atoms with E-state index in [1.807, 2.05) is 0 Å². The van der Waals surface area contributed by atoms with Crippen molar-refractivity contribution in [3.05, 3.63) is 18.0 Å². The summed E-state index contributed by atoms with van der Waals surface area (Å²) in [6.07, 6.45) is 4.77. The number of hydrogen-bond donors (Lipinski definition) is 1. The van der Waals surface area contributed by atoms with Gasteiger partial charge in [0.05, 0.1) is 11.8 Å². The van der Waals surface area contributed by atoms with Gasteiger partial charge in [-0.1, -0.05) is 6.92 Å². The van der Waals surface area contributed by atoms with Crippen LogP contribution in [0.2, 0.25) is 0 Å². The molecule has 2 heterocycles. The molecule has 1 aromatic rings. The summed E-state index contributed by atoms with van der Waals surface area (Å²) in [6, 6.07) is 2.59. The highest BCUT2D eigenvalue weighted by atomic mass is 16.5. The van der Waals surface area contributed by atoms with Crippen molar-refractivity contribution in [2.45, 2.75) is 52.3 Å². The average Bonchev–Trinajstić information content (AvgIpc) is 2.99. The maximum Gasteiger partial charge on any atom is 0.0762 e. The summed E-state index contributed by atoms with van der Waals surface area (Å²) >= 11 is 0. The Balaban J connectivity index is 1.74. The number of ether oxygens (including phenoxy) is 1. The number of hydrogen-bond acceptors (Lipinski definition) is 3. The van der Waals surface area contributed by atoms with Crippen LogP contribution in [0.3, 0.4) is 0 Å². The van der Waals surface area contributed by atoms with Gasteiger partial charge < -0.3 is 10.1 Å². The number of nitrogens with one attached hydrogen (secondary N) is 1. The molecule has 18 heavy (non-hydrogen) atoms. The third-order valence-electron chi connectivity index (χ3n) is 3.95. The number of nitrogens with zero attached hydrogens (tertiary/aromatic N) is 2. The first kappa shape index (κ1) is 13.6. The number of rotatable bonds is 6. The first-order chi connectivity index (χ1) is 8.70. The molecule has 0 aromatic carbocycles. The van der Waals surface area contributed by atoms with E-state index in [1.54, 1.807) is 0 Å². The molecular formula is C14H25N3O. The van der Waals surface area contributed by atoms with Crippen LogP contribution in [0.4, 0.5) is 0 Å². The summed E-state index contributed by atoms with van der Waals surface area (Å²) in [5, 5.41) is 8.08. The van der Waals surface area contributed by atoms with Crippen LogP contribution in [0.1, 0.15) is 45.3 Å². The van der Waals surface area contributed by atoms with Gasteiger partial charge in [-0.3, -0.25) is 4.68 Å². The van der Waals surface area contributed by atoms with Gasteiger partial charge in [0.25, 0.3) is 0 Å². The average molecular weight is 251 g/mol. The zero-order chi connectivity index (χ0) is 13.0. The summed E-state index contributed by atoms with van der Waals surface area (Å²) in [7, 11) is 0. The third-order valence-corrected chi connectivity index (χ3v) is 3.95. The monoisotopic (exact) mass is 251 g/mol. The molecule has 0 spiro atoms. The van der Waals surface area contributed by atoms with Gasteiger partial charge in [0.2, 0.25) is 0 Å². The minimum Gasteiger partial charge on any atom is -0.378 e. The Labute approximate surface area is 110 Å². The first-order valence-electron chi connectivity index (χ1n) is 7.07. The minimum atomic E-state index is 0.398. The standard InChI is InChI=1S/C14H25N3O/c1-4-11(2)17-7-5-14(16-17)10-15-9-13-6-8-18-12(13)3/h5,7,11-13,15H,4,6,8-10H2,1-3H3. The second kappa shape index (κ2) is 6.34. The van der Waals surface area contributed by atoms with Gasteiger partial charge in [-0.25, -0.2) is 0 Å². The molecule has 4 nitrogen and oxygen atoms in total. The van der Waals surface area contributed by atoms with Crippen LogP contribution < -0.4 is 5.32 Å². The van der Waals surface area contributed by atoms with Crippen molar-refractivity contribution in [1.29, 1.82) is 0 Å². The normalized spacial score (nSPS) is 25.5. The summed E-state index contributed by atoms with van der Waals surface area (Å²) in [5.74, 6) is 0.654. The molecule has 0 aliphatic carbocycles. The van der Waals surface area contributed by atoms with E-state index >= 15 is 0 Å². The Hall–Kier alpha value is -0.870. The Bertz CT molecular complexity index is 364. The largest absolute Gasteiger partial charge is 0.378 e. The second-order valence-electron chi connectivity index (χ2n) is 5.30. The molecule has 0 saturated carbocycles. The van der Waals surface area contributed by atoms with E-state index in [2.05, 4.69) is 48.1 Å². The van der Waals surface area contributed by atoms with Crippen LogP contribution in [0.15, 0.2) is 12.3 Å². The van der Waals surface area contributed by atoms with Crippen molar-refractivity contribution >= 4 is 0 Å². The lowest BCUT2D eigenvalue weighted by Crippen LogP contribution is -2.26. The van der Waals surface area contributed by atoms with E-state index in [0.717, 1.165) is 31.8 Å². The highest BCUT2D eigenvalue weighted by Crippen LogP contribution is 2.19. The second-order valence-corrected chi connectivity index (χ2v) is 5.30. The van der Waals surface area contributed by atoms with Crippen molar-refractivity contribution in [2.75, 3.05) is 13.2 Å². The van der Waals surface area contributed by atoms with Crippen molar-refractivity contribution in [2.24, 2.45) is 5.92 Å². The van der Waals surface area contributed by atoms with Gasteiger partial charge in [0.1, 0.15) is 0 Å². The molecule has 1 aliphatic heterocycles. The molecule has 4 heteroatoms. The van der Waals surface area contributed by atoms with Crippen LogP contribution in [-0.4, -0.2) is 29.0 Å². The van der Waals surface area contributed by atoms with Gasteiger partial charge in [0, 0.05) is 31.9 Å². The van der Waals surface area contributed by atoms with E-state index in [9.17, 15) is 0 Å². The molecule has 0 bridgehead atoms. The van der Waals surface area contributed by atoms with Crippen molar-refractivity contribution in [1.82, 2.24) is 15.1 Å². The SMILES string of the molecule is CCC(C)n1ccc(CNCC2CCOC2C)n1. The van der Waals surface area contributed by atoms with Crippen molar-refractivity contribution in [3.63, 3.8) is 0 Å². The summed E-state index contributed by atoms with van der Waals surface area (Å²) in [5.41, 5.74) is 1.13. The topological polar surface area (TPSA) is 39.1 Å². The third kappa shape index (κ3) is 3.33. The Morgan fingerprint density at radius 3 is 3.11 bits per heavy atom. The van der Waals surface area contributed by atoms with E-state index in [4.69, 9.17) is 4.74 Å². The molecule has 3 unspecified atom stereocenters. The van der Waals surface area contributed by atoms with Crippen LogP contribution >= 0.6 is 0 Å². The Morgan fingerprint density at radius 1 is 1.61 bits per heavy atom. The van der Waals surface area contributed by atoms with Crippen LogP contribution in [-0.2, 0) is 11.3 Å². The molecule has 0 radical (unpaired) electrons. The smallest absolute Gasteiger partial charge is 0.0762 e. The Kier molecular flexibility index (Phi) is 4.78. The predicted octanol–water partition coefficient (Wildman–Crippen LogP) is 2.37. The fourth-order valence-electron chi connectivity index (χ4n) is 2.33. The minimum absolute atomic E-state index is 0.398. The van der Waals surface area contributed by atoms with E-state index in [0.29, 0.717) is 18.1 Å². The van der Waals surface area contributed by atoms with Crippen LogP contribution in [0.25, 0.3) is 0 Å². The highest BCUT2D eigenvalue weighted by Gasteiger charge is 2.23. The zero-order valence-corrected chi connectivity index (χ0v) is 11.7. The van der Waals surface area contributed by atoms with Gasteiger partial charge in [0.15, 0.2) is 0 Å². The molecule has 1 N–H and O–H groups in total. The fourth-order valence-corrected chi connectivity index (χ4v) is 2.33. The summed E-state index contributed by atoms with van der Waals surface area (Å²) in [6.45, 7) is 9.34. The Morgan fingerprint density at radius 2 is 2.44 bits per heavy atom. The van der Waals surface area contributed by atoms with E-state index < -0.39 is 0 Å². The van der Waals surface area contributed by atoms with Crippen molar-refractivity contribution < 1.29 is 4.74 Å². The number of aromatic nitrogens is 2. The molecular weight excluding hydrogens is 226 g/mol.